The normalized spacial score (nSPS) is 34.9. The molecule has 4 aliphatic carbocycles. The van der Waals surface area contributed by atoms with Crippen molar-refractivity contribution in [1.29, 1.82) is 0 Å². The third kappa shape index (κ3) is 3.96. The molecule has 0 aromatic carbocycles. The summed E-state index contributed by atoms with van der Waals surface area (Å²) in [5, 5.41) is 24.3. The van der Waals surface area contributed by atoms with Gasteiger partial charge in [0.2, 0.25) is 11.8 Å². The van der Waals surface area contributed by atoms with Gasteiger partial charge in [-0.25, -0.2) is 9.97 Å². The molecule has 2 aliphatic heterocycles. The third-order valence-electron chi connectivity index (χ3n) is 9.14. The van der Waals surface area contributed by atoms with Crippen LogP contribution < -0.4 is 5.32 Å². The van der Waals surface area contributed by atoms with Gasteiger partial charge in [-0.1, -0.05) is 0 Å². The fourth-order valence-corrected chi connectivity index (χ4v) is 7.88. The molecule has 9 heteroatoms. The average molecular weight is 470 g/mol. The molecule has 3 heterocycles. The number of aromatic nitrogens is 2. The fraction of sp³-hybridized carbons (Fsp3) is 0.760. The molecule has 2 amide bonds. The molecule has 0 spiro atoms. The summed E-state index contributed by atoms with van der Waals surface area (Å²) in [5.74, 6) is 2.86. The number of amides is 2. The van der Waals surface area contributed by atoms with E-state index >= 15 is 0 Å². The first-order chi connectivity index (χ1) is 16.4. The van der Waals surface area contributed by atoms with Crippen molar-refractivity contribution in [2.45, 2.75) is 70.1 Å². The second kappa shape index (κ2) is 8.45. The van der Waals surface area contributed by atoms with E-state index in [2.05, 4.69) is 15.3 Å². The van der Waals surface area contributed by atoms with Crippen LogP contribution in [0, 0.1) is 23.2 Å². The number of aliphatic hydroxyl groups excluding tert-OH is 2. The van der Waals surface area contributed by atoms with Crippen molar-refractivity contribution < 1.29 is 19.8 Å². The van der Waals surface area contributed by atoms with Crippen LogP contribution in [0.1, 0.15) is 56.2 Å². The summed E-state index contributed by atoms with van der Waals surface area (Å²) in [6.45, 7) is 1.64. The van der Waals surface area contributed by atoms with Gasteiger partial charge < -0.3 is 25.3 Å². The molecular weight excluding hydrogens is 434 g/mol. The van der Waals surface area contributed by atoms with Crippen LogP contribution in [0.25, 0.3) is 0 Å². The number of rotatable bonds is 6. The van der Waals surface area contributed by atoms with Crippen LogP contribution in [0.3, 0.4) is 0 Å². The van der Waals surface area contributed by atoms with Crippen molar-refractivity contribution in [1.82, 2.24) is 19.8 Å². The number of nitrogens with one attached hydrogen (secondary N) is 1. The number of likely N-dealkylation sites (tertiary alicyclic amines) is 1. The topological polar surface area (TPSA) is 119 Å². The zero-order chi connectivity index (χ0) is 23.4. The van der Waals surface area contributed by atoms with E-state index < -0.39 is 6.10 Å². The van der Waals surface area contributed by atoms with E-state index in [0.717, 1.165) is 34.8 Å². The van der Waals surface area contributed by atoms with E-state index in [1.54, 1.807) is 4.90 Å². The van der Waals surface area contributed by atoms with Crippen LogP contribution in [0.5, 0.6) is 0 Å². The quantitative estimate of drug-likeness (QED) is 0.567. The Morgan fingerprint density at radius 2 is 1.88 bits per heavy atom. The lowest BCUT2D eigenvalue weighted by atomic mass is 9.48. The number of aliphatic hydroxyl groups is 2. The van der Waals surface area contributed by atoms with Gasteiger partial charge in [0.25, 0.3) is 0 Å². The van der Waals surface area contributed by atoms with Gasteiger partial charge in [-0.05, 0) is 68.1 Å². The van der Waals surface area contributed by atoms with Crippen molar-refractivity contribution >= 4 is 17.6 Å². The van der Waals surface area contributed by atoms with Crippen LogP contribution in [-0.4, -0.2) is 80.2 Å². The largest absolute Gasteiger partial charge is 0.391 e. The molecule has 4 bridgehead atoms. The summed E-state index contributed by atoms with van der Waals surface area (Å²) >= 11 is 0. The van der Waals surface area contributed by atoms with Crippen molar-refractivity contribution in [3.8, 4) is 0 Å². The minimum atomic E-state index is -0.683. The summed E-state index contributed by atoms with van der Waals surface area (Å²) in [6, 6.07) is 0. The Kier molecular flexibility index (Phi) is 5.52. The van der Waals surface area contributed by atoms with Crippen LogP contribution in [0.4, 0.5) is 5.82 Å². The maximum atomic E-state index is 12.8. The molecule has 2 unspecified atom stereocenters. The molecule has 1 aromatic heterocycles. The van der Waals surface area contributed by atoms with Crippen LogP contribution in [0.2, 0.25) is 0 Å². The smallest absolute Gasteiger partial charge is 0.242 e. The number of hydrogen-bond acceptors (Lipinski definition) is 7. The van der Waals surface area contributed by atoms with Gasteiger partial charge in [0.15, 0.2) is 0 Å². The first kappa shape index (κ1) is 22.2. The molecular formula is C25H35N5O4. The predicted octanol–water partition coefficient (Wildman–Crippen LogP) is 0.944. The summed E-state index contributed by atoms with van der Waals surface area (Å²) < 4.78 is 0. The molecule has 6 aliphatic rings. The second-order valence-corrected chi connectivity index (χ2v) is 11.5. The number of anilines is 1. The molecule has 184 valence electrons. The van der Waals surface area contributed by atoms with Crippen molar-refractivity contribution in [2.75, 3.05) is 31.5 Å². The van der Waals surface area contributed by atoms with Crippen LogP contribution in [-0.2, 0) is 22.6 Å². The highest BCUT2D eigenvalue weighted by Crippen LogP contribution is 2.61. The average Bonchev–Trinajstić information content (AvgIpc) is 3.12. The SMILES string of the molecule is O=C(CN1CC(O)CC1=O)N1CCc2c(ncnc2NCC(O)C23CC4CC(CC(C4)C2)C3)C1. The maximum absolute atomic E-state index is 12.8. The van der Waals surface area contributed by atoms with Crippen molar-refractivity contribution in [2.24, 2.45) is 23.2 Å². The maximum Gasteiger partial charge on any atom is 0.242 e. The third-order valence-corrected chi connectivity index (χ3v) is 9.14. The molecule has 5 fully saturated rings. The molecule has 7 rings (SSSR count). The molecule has 34 heavy (non-hydrogen) atoms. The highest BCUT2D eigenvalue weighted by atomic mass is 16.3. The highest BCUT2D eigenvalue weighted by Gasteiger charge is 2.53. The van der Waals surface area contributed by atoms with Gasteiger partial charge in [0.05, 0.1) is 37.4 Å². The lowest BCUT2D eigenvalue weighted by Gasteiger charge is -2.58. The minimum absolute atomic E-state index is 0.00131. The Labute approximate surface area is 199 Å². The van der Waals surface area contributed by atoms with Crippen LogP contribution in [0.15, 0.2) is 6.33 Å². The van der Waals surface area contributed by atoms with Gasteiger partial charge >= 0.3 is 0 Å². The van der Waals surface area contributed by atoms with E-state index in [1.807, 2.05) is 0 Å². The molecule has 1 aromatic rings. The molecule has 9 nitrogen and oxygen atoms in total. The monoisotopic (exact) mass is 469 g/mol. The molecule has 2 atom stereocenters. The summed E-state index contributed by atoms with van der Waals surface area (Å²) in [7, 11) is 0. The van der Waals surface area contributed by atoms with Crippen molar-refractivity contribution in [3.05, 3.63) is 17.6 Å². The minimum Gasteiger partial charge on any atom is -0.391 e. The standard InChI is InChI=1S/C25H35N5O4/c31-18-6-22(33)30(11-18)13-23(34)29-2-1-19-20(12-29)27-14-28-24(19)26-10-21(32)25-7-15-3-16(8-25)5-17(4-15)9-25/h14-18,21,31-32H,1-13H2,(H,26,27,28). The Balaban J connectivity index is 1.09. The number of fused-ring (bicyclic) bond motifs is 1. The Bertz CT molecular complexity index is 949. The zero-order valence-corrected chi connectivity index (χ0v) is 19.7. The Hall–Kier alpha value is -2.26. The number of carbonyl (C=O) groups is 2. The van der Waals surface area contributed by atoms with E-state index in [9.17, 15) is 19.8 Å². The van der Waals surface area contributed by atoms with Crippen LogP contribution >= 0.6 is 0 Å². The lowest BCUT2D eigenvalue weighted by molar-refractivity contribution is -0.139. The molecule has 4 saturated carbocycles. The Morgan fingerprint density at radius 1 is 1.18 bits per heavy atom. The van der Waals surface area contributed by atoms with E-state index in [1.165, 1.54) is 49.8 Å². The number of hydrogen-bond donors (Lipinski definition) is 3. The molecule has 3 N–H and O–H groups in total. The molecule has 1 saturated heterocycles. The van der Waals surface area contributed by atoms with E-state index in [4.69, 9.17) is 0 Å². The lowest BCUT2D eigenvalue weighted by Crippen LogP contribution is -2.53. The van der Waals surface area contributed by atoms with E-state index in [-0.39, 0.29) is 42.8 Å². The highest BCUT2D eigenvalue weighted by molar-refractivity contribution is 5.86. The number of carbonyl (C=O) groups excluding carboxylic acids is 2. The first-order valence-corrected chi connectivity index (χ1v) is 12.9. The number of nitrogens with zero attached hydrogens (tertiary/aromatic N) is 4. The van der Waals surface area contributed by atoms with Crippen molar-refractivity contribution in [3.63, 3.8) is 0 Å². The fourth-order valence-electron chi connectivity index (χ4n) is 7.88. The van der Waals surface area contributed by atoms with Gasteiger partial charge in [0.1, 0.15) is 12.1 Å². The summed E-state index contributed by atoms with van der Waals surface area (Å²) in [6.07, 6.45) is 8.77. The first-order valence-electron chi connectivity index (χ1n) is 12.9. The van der Waals surface area contributed by atoms with E-state index in [0.29, 0.717) is 26.1 Å². The molecule has 0 radical (unpaired) electrons. The summed E-state index contributed by atoms with van der Waals surface area (Å²) in [5.41, 5.74) is 1.89. The van der Waals surface area contributed by atoms with Gasteiger partial charge in [-0.2, -0.15) is 0 Å². The van der Waals surface area contributed by atoms with Gasteiger partial charge in [0, 0.05) is 25.2 Å². The van der Waals surface area contributed by atoms with Gasteiger partial charge in [-0.15, -0.1) is 0 Å². The Morgan fingerprint density at radius 3 is 2.53 bits per heavy atom. The number of β-amino-alcohol motifs (C(OH)–C–C–N with tert-alkyl or cyclic N) is 1. The zero-order valence-electron chi connectivity index (χ0n) is 19.7. The summed E-state index contributed by atoms with van der Waals surface area (Å²) in [4.78, 5) is 36.7. The second-order valence-electron chi connectivity index (χ2n) is 11.5. The predicted molar refractivity (Wildman–Crippen MR) is 123 cm³/mol. The van der Waals surface area contributed by atoms with Gasteiger partial charge in [-0.3, -0.25) is 9.59 Å².